The molecule has 2 aromatic rings. The van der Waals surface area contributed by atoms with Gasteiger partial charge in [0.15, 0.2) is 0 Å². The van der Waals surface area contributed by atoms with Crippen molar-refractivity contribution < 1.29 is 9.16 Å². The van der Waals surface area contributed by atoms with Gasteiger partial charge in [0.2, 0.25) is 0 Å². The first-order valence-corrected chi connectivity index (χ1v) is 12.2. The van der Waals surface area contributed by atoms with Crippen LogP contribution in [0.2, 0.25) is 5.54 Å². The highest BCUT2D eigenvalue weighted by atomic mass is 28.4. The highest BCUT2D eigenvalue weighted by molar-refractivity contribution is 7.00. The molecule has 2 heterocycles. The van der Waals surface area contributed by atoms with Gasteiger partial charge in [-0.3, -0.25) is 0 Å². The number of epoxide rings is 1. The van der Waals surface area contributed by atoms with Crippen LogP contribution in [-0.4, -0.2) is 27.6 Å². The van der Waals surface area contributed by atoms with Crippen molar-refractivity contribution >= 4 is 18.7 Å². The molecule has 0 amide bonds. The van der Waals surface area contributed by atoms with Gasteiger partial charge in [0.05, 0.1) is 12.7 Å². The van der Waals surface area contributed by atoms with Crippen molar-refractivity contribution in [3.8, 4) is 0 Å². The lowest BCUT2D eigenvalue weighted by Gasteiger charge is -2.38. The van der Waals surface area contributed by atoms with E-state index in [4.69, 9.17) is 9.16 Å². The van der Waals surface area contributed by atoms with E-state index in [1.807, 2.05) is 0 Å². The minimum Gasteiger partial charge on any atom is -0.407 e. The maximum absolute atomic E-state index is 7.00. The van der Waals surface area contributed by atoms with Gasteiger partial charge in [-0.15, -0.1) is 0 Å². The molecule has 27 heavy (non-hydrogen) atoms. The average Bonchev–Trinajstić information content (AvgIpc) is 3.30. The summed E-state index contributed by atoms with van der Waals surface area (Å²) in [7, 11) is -2.43. The molecule has 2 fully saturated rings. The van der Waals surface area contributed by atoms with E-state index >= 15 is 0 Å². The fraction of sp³-hybridized carbons (Fsp3) is 0.500. The molecule has 2 saturated heterocycles. The van der Waals surface area contributed by atoms with Crippen LogP contribution in [0.3, 0.4) is 0 Å². The molecule has 0 radical (unpaired) electrons. The monoisotopic (exact) mass is 380 g/mol. The second-order valence-electron chi connectivity index (χ2n) is 8.97. The van der Waals surface area contributed by atoms with Gasteiger partial charge in [-0.2, -0.15) is 0 Å². The number of ether oxygens (including phenoxy) is 1. The Morgan fingerprint density at radius 1 is 0.741 bits per heavy atom. The topological polar surface area (TPSA) is 21.8 Å². The first-order chi connectivity index (χ1) is 12.8. The van der Waals surface area contributed by atoms with Crippen LogP contribution in [0, 0.1) is 47.5 Å². The lowest BCUT2D eigenvalue weighted by atomic mass is 10.1. The summed E-state index contributed by atoms with van der Waals surface area (Å²) in [6.07, 6.45) is 0.356. The summed E-state index contributed by atoms with van der Waals surface area (Å²) < 4.78 is 12.9. The second-order valence-corrected chi connectivity index (χ2v) is 12.4. The zero-order valence-corrected chi connectivity index (χ0v) is 18.8. The molecule has 0 saturated carbocycles. The zero-order valence-electron chi connectivity index (χ0n) is 17.8. The van der Waals surface area contributed by atoms with Crippen molar-refractivity contribution in [2.75, 3.05) is 13.2 Å². The molecule has 0 N–H and O–H groups in total. The number of rotatable bonds is 3. The lowest BCUT2D eigenvalue weighted by molar-refractivity contribution is 0.307. The molecule has 2 aromatic carbocycles. The molecule has 2 aliphatic rings. The third-order valence-corrected chi connectivity index (χ3v) is 12.1. The Morgan fingerprint density at radius 2 is 1.15 bits per heavy atom. The van der Waals surface area contributed by atoms with E-state index in [1.54, 1.807) is 0 Å². The summed E-state index contributed by atoms with van der Waals surface area (Å²) in [4.78, 5) is 0. The summed E-state index contributed by atoms with van der Waals surface area (Å²) >= 11 is 0. The van der Waals surface area contributed by atoms with Crippen LogP contribution in [0.4, 0.5) is 0 Å². The summed E-state index contributed by atoms with van der Waals surface area (Å²) in [5.41, 5.74) is 8.70. The van der Waals surface area contributed by atoms with Gasteiger partial charge in [-0.1, -0.05) is 42.3 Å². The molecule has 0 unspecified atom stereocenters. The Morgan fingerprint density at radius 3 is 1.52 bits per heavy atom. The molecule has 3 atom stereocenters. The zero-order chi connectivity index (χ0) is 19.5. The van der Waals surface area contributed by atoms with Crippen LogP contribution < -0.4 is 10.4 Å². The van der Waals surface area contributed by atoms with E-state index < -0.39 is 8.32 Å². The van der Waals surface area contributed by atoms with Gasteiger partial charge in [-0.05, 0) is 80.1 Å². The van der Waals surface area contributed by atoms with Crippen molar-refractivity contribution in [2.45, 2.75) is 60.1 Å². The minimum absolute atomic E-state index is 0.356. The smallest absolute Gasteiger partial charge is 0.262 e. The number of hydrogen-bond donors (Lipinski definition) is 0. The summed E-state index contributed by atoms with van der Waals surface area (Å²) in [5, 5.41) is 2.99. The molecule has 4 rings (SSSR count). The van der Waals surface area contributed by atoms with Gasteiger partial charge in [0.25, 0.3) is 8.32 Å². The van der Waals surface area contributed by atoms with Crippen molar-refractivity contribution in [2.24, 2.45) is 5.92 Å². The van der Waals surface area contributed by atoms with E-state index in [0.717, 1.165) is 13.2 Å². The maximum Gasteiger partial charge on any atom is 0.262 e. The Hall–Kier alpha value is -1.42. The van der Waals surface area contributed by atoms with E-state index in [9.17, 15) is 0 Å². The van der Waals surface area contributed by atoms with Crippen molar-refractivity contribution in [3.63, 3.8) is 0 Å². The van der Waals surface area contributed by atoms with E-state index in [-0.39, 0.29) is 0 Å². The fourth-order valence-electron chi connectivity index (χ4n) is 5.89. The first kappa shape index (κ1) is 18.9. The number of aryl methyl sites for hydroxylation is 6. The van der Waals surface area contributed by atoms with E-state index in [2.05, 4.69) is 72.7 Å². The second kappa shape index (κ2) is 6.58. The third kappa shape index (κ3) is 2.91. The molecule has 0 aliphatic carbocycles. The SMILES string of the molecule is Cc1cc(C)c([Si]2(c3c(C)cc(C)cc3C)OC[C@@H](C)[C@@H]2[C@@H]2CO2)c(C)c1. The molecular formula is C24H32O2Si. The average molecular weight is 381 g/mol. The minimum atomic E-state index is -2.43. The molecule has 0 spiro atoms. The third-order valence-electron chi connectivity index (χ3n) is 6.51. The standard InChI is InChI=1S/C24H32O2Si/c1-14-8-16(3)22(17(4)9-14)27(23-18(5)10-15(2)11-19(23)6)24(21-13-25-21)20(7)12-26-27/h8-11,20-21,24H,12-13H2,1-7H3/t20-,21+,24-/m1/s1. The molecule has 144 valence electrons. The van der Waals surface area contributed by atoms with Crippen LogP contribution in [0.1, 0.15) is 40.3 Å². The van der Waals surface area contributed by atoms with Crippen molar-refractivity contribution in [1.82, 2.24) is 0 Å². The molecule has 0 aromatic heterocycles. The van der Waals surface area contributed by atoms with Crippen LogP contribution in [0.15, 0.2) is 24.3 Å². The van der Waals surface area contributed by atoms with E-state index in [0.29, 0.717) is 17.6 Å². The quantitative estimate of drug-likeness (QED) is 0.592. The van der Waals surface area contributed by atoms with Gasteiger partial charge in [-0.25, -0.2) is 0 Å². The normalized spacial score (nSPS) is 26.4. The summed E-state index contributed by atoms with van der Waals surface area (Å²) in [6, 6.07) is 9.36. The predicted molar refractivity (Wildman–Crippen MR) is 115 cm³/mol. The Balaban J connectivity index is 2.07. The van der Waals surface area contributed by atoms with Crippen LogP contribution >= 0.6 is 0 Å². The van der Waals surface area contributed by atoms with Crippen LogP contribution in [0.5, 0.6) is 0 Å². The van der Waals surface area contributed by atoms with E-state index in [1.165, 1.54) is 43.8 Å². The molecular weight excluding hydrogens is 348 g/mol. The van der Waals surface area contributed by atoms with Crippen molar-refractivity contribution in [1.29, 1.82) is 0 Å². The Bertz CT molecular complexity index is 794. The molecule has 0 bridgehead atoms. The largest absolute Gasteiger partial charge is 0.407 e. The maximum atomic E-state index is 7.00. The van der Waals surface area contributed by atoms with Gasteiger partial charge >= 0.3 is 0 Å². The van der Waals surface area contributed by atoms with Crippen LogP contribution in [-0.2, 0) is 9.16 Å². The Kier molecular flexibility index (Phi) is 4.61. The van der Waals surface area contributed by atoms with Crippen molar-refractivity contribution in [3.05, 3.63) is 57.6 Å². The lowest BCUT2D eigenvalue weighted by Crippen LogP contribution is -2.65. The highest BCUT2D eigenvalue weighted by Crippen LogP contribution is 2.46. The molecule has 2 aliphatic heterocycles. The Labute approximate surface area is 165 Å². The summed E-state index contributed by atoms with van der Waals surface area (Å²) in [6.45, 7) is 17.6. The van der Waals surface area contributed by atoms with Gasteiger partial charge in [0, 0.05) is 12.1 Å². The first-order valence-electron chi connectivity index (χ1n) is 10.2. The van der Waals surface area contributed by atoms with Gasteiger partial charge in [0.1, 0.15) is 0 Å². The predicted octanol–water partition coefficient (Wildman–Crippen LogP) is 4.03. The number of benzene rings is 2. The van der Waals surface area contributed by atoms with Gasteiger partial charge < -0.3 is 9.16 Å². The summed E-state index contributed by atoms with van der Waals surface area (Å²) in [5.74, 6) is 0.532. The highest BCUT2D eigenvalue weighted by Gasteiger charge is 2.61. The molecule has 3 heteroatoms. The molecule has 2 nitrogen and oxygen atoms in total. The van der Waals surface area contributed by atoms with Crippen LogP contribution in [0.25, 0.3) is 0 Å². The fourth-order valence-corrected chi connectivity index (χ4v) is 12.1. The number of hydrogen-bond acceptors (Lipinski definition) is 2.